The van der Waals surface area contributed by atoms with Crippen LogP contribution in [0.15, 0.2) is 30.3 Å². The van der Waals surface area contributed by atoms with Gasteiger partial charge in [0.05, 0.1) is 0 Å². The fraction of sp³-hybridized carbons (Fsp3) is 0.429. The van der Waals surface area contributed by atoms with Gasteiger partial charge in [0, 0.05) is 19.3 Å². The van der Waals surface area contributed by atoms with E-state index in [1.807, 2.05) is 6.07 Å². The highest BCUT2D eigenvalue weighted by atomic mass is 19.4. The molecule has 1 aliphatic heterocycles. The molecule has 0 aromatic heterocycles. The van der Waals surface area contributed by atoms with Gasteiger partial charge in [-0.2, -0.15) is 13.2 Å². The van der Waals surface area contributed by atoms with Crippen LogP contribution in [0.5, 0.6) is 0 Å². The molecule has 1 saturated heterocycles. The molecule has 1 aromatic carbocycles. The van der Waals surface area contributed by atoms with Crippen LogP contribution in [0.25, 0.3) is 0 Å². The highest BCUT2D eigenvalue weighted by molar-refractivity contribution is 6.01. The van der Waals surface area contributed by atoms with Crippen molar-refractivity contribution in [2.24, 2.45) is 0 Å². The Kier molecular flexibility index (Phi) is 4.58. The minimum atomic E-state index is -4.48. The first-order valence-electron chi connectivity index (χ1n) is 6.73. The normalized spacial score (nSPS) is 18.5. The smallest absolute Gasteiger partial charge is 0.329 e. The van der Waals surface area contributed by atoms with E-state index >= 15 is 0 Å². The van der Waals surface area contributed by atoms with Crippen molar-refractivity contribution in [2.75, 3.05) is 25.0 Å². The third kappa shape index (κ3) is 3.69. The molecule has 1 fully saturated rings. The number of urea groups is 1. The fourth-order valence-electron chi connectivity index (χ4n) is 2.33. The largest absolute Gasteiger partial charge is 0.405 e. The Bertz CT molecular complexity index is 548. The van der Waals surface area contributed by atoms with Crippen LogP contribution in [0.1, 0.15) is 6.42 Å². The van der Waals surface area contributed by atoms with E-state index in [-0.39, 0.29) is 5.91 Å². The van der Waals surface area contributed by atoms with E-state index in [0.29, 0.717) is 18.7 Å². The van der Waals surface area contributed by atoms with Gasteiger partial charge in [-0.25, -0.2) is 4.79 Å². The minimum absolute atomic E-state index is 0.296. The van der Waals surface area contributed by atoms with Gasteiger partial charge in [-0.05, 0) is 18.6 Å². The van der Waals surface area contributed by atoms with Crippen LogP contribution in [0, 0.1) is 0 Å². The number of hydrogen-bond acceptors (Lipinski definition) is 2. The number of halogens is 3. The Morgan fingerprint density at radius 2 is 2.00 bits per heavy atom. The molecule has 1 atom stereocenters. The zero-order chi connectivity index (χ0) is 16.3. The lowest BCUT2D eigenvalue weighted by Gasteiger charge is -2.24. The van der Waals surface area contributed by atoms with Crippen molar-refractivity contribution < 1.29 is 22.8 Å². The highest BCUT2D eigenvalue weighted by Crippen LogP contribution is 2.23. The topological polar surface area (TPSA) is 52.7 Å². The molecule has 0 spiro atoms. The zero-order valence-corrected chi connectivity index (χ0v) is 11.9. The van der Waals surface area contributed by atoms with Gasteiger partial charge >= 0.3 is 12.2 Å². The molecular formula is C14H16F3N3O2. The third-order valence-electron chi connectivity index (χ3n) is 3.47. The number of para-hydroxylation sites is 1. The second-order valence-corrected chi connectivity index (χ2v) is 5.01. The van der Waals surface area contributed by atoms with Gasteiger partial charge in [0.25, 0.3) is 0 Å². The molecule has 0 aliphatic carbocycles. The van der Waals surface area contributed by atoms with Crippen LogP contribution in [0.2, 0.25) is 0 Å². The molecule has 120 valence electrons. The molecular weight excluding hydrogens is 299 g/mol. The molecule has 1 heterocycles. The van der Waals surface area contributed by atoms with E-state index < -0.39 is 24.8 Å². The molecule has 22 heavy (non-hydrogen) atoms. The first-order chi connectivity index (χ1) is 10.3. The molecule has 1 aromatic rings. The van der Waals surface area contributed by atoms with E-state index in [2.05, 4.69) is 0 Å². The lowest BCUT2D eigenvalue weighted by atomic mass is 10.2. The second kappa shape index (κ2) is 6.25. The summed E-state index contributed by atoms with van der Waals surface area (Å²) in [5, 5.41) is 1.77. The molecule has 0 unspecified atom stereocenters. The van der Waals surface area contributed by atoms with Crippen molar-refractivity contribution in [1.29, 1.82) is 0 Å². The first-order valence-corrected chi connectivity index (χ1v) is 6.73. The summed E-state index contributed by atoms with van der Waals surface area (Å²) < 4.78 is 36.3. The standard InChI is InChI=1S/C14H16F3N3O2/c1-19(13(22)18-9-14(15,16)17)11-7-8-20(12(11)21)10-5-3-2-4-6-10/h2-6,11H,7-9H2,1H3,(H,18,22)/t11-/m1/s1. The number of rotatable bonds is 3. The predicted octanol–water partition coefficient (Wildman–Crippen LogP) is 2.00. The maximum Gasteiger partial charge on any atom is 0.405 e. The SMILES string of the molecule is CN(C(=O)NCC(F)(F)F)[C@@H]1CCN(c2ccccc2)C1=O. The van der Waals surface area contributed by atoms with Crippen LogP contribution in [0.3, 0.4) is 0 Å². The lowest BCUT2D eigenvalue weighted by Crippen LogP contribution is -2.49. The average Bonchev–Trinajstić information content (AvgIpc) is 2.86. The van der Waals surface area contributed by atoms with E-state index in [0.717, 1.165) is 4.90 Å². The summed E-state index contributed by atoms with van der Waals surface area (Å²) in [6.45, 7) is -0.996. The summed E-state index contributed by atoms with van der Waals surface area (Å²) in [6, 6.07) is 7.26. The highest BCUT2D eigenvalue weighted by Gasteiger charge is 2.38. The maximum atomic E-state index is 12.3. The monoisotopic (exact) mass is 315 g/mol. The van der Waals surface area contributed by atoms with Crippen molar-refractivity contribution in [3.8, 4) is 0 Å². The van der Waals surface area contributed by atoms with Crippen LogP contribution in [0.4, 0.5) is 23.7 Å². The van der Waals surface area contributed by atoms with E-state index in [1.54, 1.807) is 29.6 Å². The van der Waals surface area contributed by atoms with Crippen molar-refractivity contribution in [3.63, 3.8) is 0 Å². The van der Waals surface area contributed by atoms with Crippen molar-refractivity contribution in [1.82, 2.24) is 10.2 Å². The van der Waals surface area contributed by atoms with Crippen LogP contribution < -0.4 is 10.2 Å². The Labute approximate surface area is 125 Å². The summed E-state index contributed by atoms with van der Waals surface area (Å²) in [5.74, 6) is -0.296. The number of benzene rings is 1. The number of nitrogens with zero attached hydrogens (tertiary/aromatic N) is 2. The van der Waals surface area contributed by atoms with Crippen molar-refractivity contribution in [3.05, 3.63) is 30.3 Å². The Hall–Kier alpha value is -2.25. The average molecular weight is 315 g/mol. The number of hydrogen-bond donors (Lipinski definition) is 1. The summed E-state index contributed by atoms with van der Waals surface area (Å²) in [5.41, 5.74) is 0.707. The molecule has 2 rings (SSSR count). The van der Waals surface area contributed by atoms with Gasteiger partial charge in [-0.15, -0.1) is 0 Å². The predicted molar refractivity (Wildman–Crippen MR) is 74.4 cm³/mol. The summed E-state index contributed by atoms with van der Waals surface area (Å²) >= 11 is 0. The minimum Gasteiger partial charge on any atom is -0.329 e. The maximum absolute atomic E-state index is 12.3. The van der Waals surface area contributed by atoms with Crippen molar-refractivity contribution >= 4 is 17.6 Å². The number of carbonyl (C=O) groups is 2. The Morgan fingerprint density at radius 3 is 2.59 bits per heavy atom. The summed E-state index contributed by atoms with van der Waals surface area (Å²) in [7, 11) is 1.32. The molecule has 0 bridgehead atoms. The van der Waals surface area contributed by atoms with Gasteiger partial charge < -0.3 is 15.1 Å². The second-order valence-electron chi connectivity index (χ2n) is 5.01. The Balaban J connectivity index is 1.99. The van der Waals surface area contributed by atoms with Gasteiger partial charge in [0.1, 0.15) is 12.6 Å². The molecule has 5 nitrogen and oxygen atoms in total. The molecule has 8 heteroatoms. The van der Waals surface area contributed by atoms with Gasteiger partial charge in [-0.3, -0.25) is 4.79 Å². The van der Waals surface area contributed by atoms with Gasteiger partial charge in [0.2, 0.25) is 5.91 Å². The number of nitrogens with one attached hydrogen (secondary N) is 1. The molecule has 1 aliphatic rings. The van der Waals surface area contributed by atoms with E-state index in [4.69, 9.17) is 0 Å². The summed E-state index contributed by atoms with van der Waals surface area (Å²) in [4.78, 5) is 26.6. The van der Waals surface area contributed by atoms with Crippen LogP contribution >= 0.6 is 0 Å². The lowest BCUT2D eigenvalue weighted by molar-refractivity contribution is -0.123. The summed E-state index contributed by atoms with van der Waals surface area (Å²) in [6.07, 6.45) is -4.10. The van der Waals surface area contributed by atoms with Crippen molar-refractivity contribution in [2.45, 2.75) is 18.6 Å². The number of alkyl halides is 3. The third-order valence-corrected chi connectivity index (χ3v) is 3.47. The first kappa shape index (κ1) is 16.1. The van der Waals surface area contributed by atoms with E-state index in [1.165, 1.54) is 11.9 Å². The molecule has 0 saturated carbocycles. The van der Waals surface area contributed by atoms with Crippen LogP contribution in [-0.2, 0) is 4.79 Å². The zero-order valence-electron chi connectivity index (χ0n) is 11.9. The number of likely N-dealkylation sites (N-methyl/N-ethyl adjacent to an activating group) is 1. The number of carbonyl (C=O) groups excluding carboxylic acids is 2. The number of amides is 3. The Morgan fingerprint density at radius 1 is 1.36 bits per heavy atom. The van der Waals surface area contributed by atoms with Gasteiger partial charge in [0.15, 0.2) is 0 Å². The van der Waals surface area contributed by atoms with Crippen LogP contribution in [-0.4, -0.2) is 49.2 Å². The fourth-order valence-corrected chi connectivity index (χ4v) is 2.33. The molecule has 3 amide bonds. The molecule has 1 N–H and O–H groups in total. The molecule has 0 radical (unpaired) electrons. The van der Waals surface area contributed by atoms with Gasteiger partial charge in [-0.1, -0.05) is 18.2 Å². The van der Waals surface area contributed by atoms with E-state index in [9.17, 15) is 22.8 Å². The quantitative estimate of drug-likeness (QED) is 0.927. The number of anilines is 1.